The van der Waals surface area contributed by atoms with Gasteiger partial charge in [0.25, 0.3) is 0 Å². The minimum atomic E-state index is 0.479. The molecule has 1 N–H and O–H groups in total. The highest BCUT2D eigenvalue weighted by atomic mass is 32.2. The summed E-state index contributed by atoms with van der Waals surface area (Å²) in [5, 5.41) is 4.53. The molecule has 2 rings (SSSR count). The Morgan fingerprint density at radius 2 is 2.25 bits per heavy atom. The van der Waals surface area contributed by atoms with Gasteiger partial charge >= 0.3 is 0 Å². The lowest BCUT2D eigenvalue weighted by Crippen LogP contribution is -2.18. The number of nitrogens with zero attached hydrogens (tertiary/aromatic N) is 2. The molecule has 0 bridgehead atoms. The van der Waals surface area contributed by atoms with E-state index in [0.717, 1.165) is 10.8 Å². The minimum absolute atomic E-state index is 0.479. The SMILES string of the molecule is CSc1cc(NC2CCC(C)(C)C2)ncn1. The van der Waals surface area contributed by atoms with Gasteiger partial charge in [0, 0.05) is 12.1 Å². The first kappa shape index (κ1) is 11.7. The van der Waals surface area contributed by atoms with Crippen molar-refractivity contribution in [2.45, 2.75) is 44.2 Å². The van der Waals surface area contributed by atoms with E-state index in [9.17, 15) is 0 Å². The summed E-state index contributed by atoms with van der Waals surface area (Å²) in [5.41, 5.74) is 0.479. The van der Waals surface area contributed by atoms with Crippen molar-refractivity contribution in [3.05, 3.63) is 12.4 Å². The molecule has 1 aromatic heterocycles. The largest absolute Gasteiger partial charge is 0.367 e. The second-order valence-corrected chi connectivity index (χ2v) is 6.02. The van der Waals surface area contributed by atoms with Gasteiger partial charge in [0.1, 0.15) is 17.2 Å². The van der Waals surface area contributed by atoms with Gasteiger partial charge in [0.15, 0.2) is 0 Å². The monoisotopic (exact) mass is 237 g/mol. The summed E-state index contributed by atoms with van der Waals surface area (Å²) >= 11 is 1.65. The lowest BCUT2D eigenvalue weighted by molar-refractivity contribution is 0.378. The summed E-state index contributed by atoms with van der Waals surface area (Å²) in [4.78, 5) is 8.44. The van der Waals surface area contributed by atoms with Crippen LogP contribution in [0.1, 0.15) is 33.1 Å². The molecule has 1 heterocycles. The molecule has 0 radical (unpaired) electrons. The Labute approximate surface area is 101 Å². The molecule has 0 saturated heterocycles. The van der Waals surface area contributed by atoms with Gasteiger partial charge in [-0.1, -0.05) is 13.8 Å². The zero-order valence-electron chi connectivity index (χ0n) is 10.2. The zero-order chi connectivity index (χ0) is 11.6. The molecule has 88 valence electrons. The molecule has 4 heteroatoms. The lowest BCUT2D eigenvalue weighted by atomic mass is 9.92. The highest BCUT2D eigenvalue weighted by molar-refractivity contribution is 7.98. The third-order valence-corrected chi connectivity index (χ3v) is 3.81. The van der Waals surface area contributed by atoms with Crippen LogP contribution in [0, 0.1) is 5.41 Å². The number of aromatic nitrogens is 2. The Kier molecular flexibility index (Phi) is 3.38. The summed E-state index contributed by atoms with van der Waals surface area (Å²) in [7, 11) is 0. The molecule has 0 amide bonds. The summed E-state index contributed by atoms with van der Waals surface area (Å²) in [6.45, 7) is 4.67. The minimum Gasteiger partial charge on any atom is -0.367 e. The van der Waals surface area contributed by atoms with E-state index >= 15 is 0 Å². The number of thioether (sulfide) groups is 1. The van der Waals surface area contributed by atoms with Crippen molar-refractivity contribution in [1.29, 1.82) is 0 Å². The Bertz CT molecular complexity index is 365. The van der Waals surface area contributed by atoms with Crippen LogP contribution in [0.2, 0.25) is 0 Å². The maximum absolute atomic E-state index is 4.26. The van der Waals surface area contributed by atoms with E-state index in [2.05, 4.69) is 29.1 Å². The van der Waals surface area contributed by atoms with Gasteiger partial charge in [-0.25, -0.2) is 9.97 Å². The first-order valence-electron chi connectivity index (χ1n) is 5.72. The standard InChI is InChI=1S/C12H19N3S/c1-12(2)5-4-9(7-12)15-10-6-11(16-3)14-8-13-10/h6,8-9H,4-5,7H2,1-3H3,(H,13,14,15). The number of hydrogen-bond acceptors (Lipinski definition) is 4. The molecule has 1 aliphatic carbocycles. The lowest BCUT2D eigenvalue weighted by Gasteiger charge is -2.18. The van der Waals surface area contributed by atoms with Gasteiger partial charge < -0.3 is 5.32 Å². The van der Waals surface area contributed by atoms with E-state index in [-0.39, 0.29) is 0 Å². The second-order valence-electron chi connectivity index (χ2n) is 5.19. The van der Waals surface area contributed by atoms with Crippen LogP contribution < -0.4 is 5.32 Å². The number of nitrogens with one attached hydrogen (secondary N) is 1. The van der Waals surface area contributed by atoms with Gasteiger partial charge in [-0.15, -0.1) is 11.8 Å². The van der Waals surface area contributed by atoms with Crippen LogP contribution in [-0.2, 0) is 0 Å². The molecule has 1 saturated carbocycles. The predicted octanol–water partition coefficient (Wildman–Crippen LogP) is 3.19. The average Bonchev–Trinajstić information content (AvgIpc) is 2.58. The number of anilines is 1. The molecular formula is C12H19N3S. The van der Waals surface area contributed by atoms with Crippen LogP contribution >= 0.6 is 11.8 Å². The molecule has 1 fully saturated rings. The molecule has 1 aromatic rings. The molecule has 0 aromatic carbocycles. The molecule has 0 spiro atoms. The third-order valence-electron chi connectivity index (χ3n) is 3.17. The zero-order valence-corrected chi connectivity index (χ0v) is 11.0. The molecule has 16 heavy (non-hydrogen) atoms. The Morgan fingerprint density at radius 1 is 1.44 bits per heavy atom. The smallest absolute Gasteiger partial charge is 0.130 e. The van der Waals surface area contributed by atoms with Crippen LogP contribution in [0.25, 0.3) is 0 Å². The quantitative estimate of drug-likeness (QED) is 0.647. The second kappa shape index (κ2) is 4.62. The van der Waals surface area contributed by atoms with Crippen LogP contribution in [0.3, 0.4) is 0 Å². The van der Waals surface area contributed by atoms with Gasteiger partial charge in [0.2, 0.25) is 0 Å². The van der Waals surface area contributed by atoms with Gasteiger partial charge in [-0.05, 0) is 30.9 Å². The van der Waals surface area contributed by atoms with Crippen LogP contribution in [0.15, 0.2) is 17.4 Å². The van der Waals surface area contributed by atoms with Crippen molar-refractivity contribution >= 4 is 17.6 Å². The molecule has 1 unspecified atom stereocenters. The predicted molar refractivity (Wildman–Crippen MR) is 68.9 cm³/mol. The van der Waals surface area contributed by atoms with Crippen molar-refractivity contribution in [1.82, 2.24) is 9.97 Å². The van der Waals surface area contributed by atoms with Gasteiger partial charge in [-0.3, -0.25) is 0 Å². The maximum Gasteiger partial charge on any atom is 0.130 e. The van der Waals surface area contributed by atoms with Crippen LogP contribution in [-0.4, -0.2) is 22.3 Å². The van der Waals surface area contributed by atoms with E-state index in [1.807, 2.05) is 12.3 Å². The summed E-state index contributed by atoms with van der Waals surface area (Å²) < 4.78 is 0. The van der Waals surface area contributed by atoms with E-state index in [4.69, 9.17) is 0 Å². The number of hydrogen-bond donors (Lipinski definition) is 1. The van der Waals surface area contributed by atoms with Gasteiger partial charge in [0.05, 0.1) is 0 Å². The Hall–Kier alpha value is -0.770. The Balaban J connectivity index is 1.99. The highest BCUT2D eigenvalue weighted by Crippen LogP contribution is 2.38. The molecule has 1 atom stereocenters. The number of rotatable bonds is 3. The molecular weight excluding hydrogens is 218 g/mol. The molecule has 3 nitrogen and oxygen atoms in total. The van der Waals surface area contributed by atoms with E-state index in [1.54, 1.807) is 18.1 Å². The molecule has 0 aliphatic heterocycles. The van der Waals surface area contributed by atoms with Crippen molar-refractivity contribution in [3.8, 4) is 0 Å². The fourth-order valence-electron chi connectivity index (χ4n) is 2.30. The van der Waals surface area contributed by atoms with Crippen molar-refractivity contribution in [2.24, 2.45) is 5.41 Å². The summed E-state index contributed by atoms with van der Waals surface area (Å²) in [5.74, 6) is 0.960. The fourth-order valence-corrected chi connectivity index (χ4v) is 2.68. The third kappa shape index (κ3) is 2.88. The van der Waals surface area contributed by atoms with Crippen LogP contribution in [0.4, 0.5) is 5.82 Å². The Morgan fingerprint density at radius 3 is 2.88 bits per heavy atom. The van der Waals surface area contributed by atoms with Crippen molar-refractivity contribution < 1.29 is 0 Å². The van der Waals surface area contributed by atoms with E-state index in [1.165, 1.54) is 19.3 Å². The average molecular weight is 237 g/mol. The summed E-state index contributed by atoms with van der Waals surface area (Å²) in [6, 6.07) is 2.59. The first-order chi connectivity index (χ1) is 7.59. The fraction of sp³-hybridized carbons (Fsp3) is 0.667. The van der Waals surface area contributed by atoms with Crippen molar-refractivity contribution in [3.63, 3.8) is 0 Å². The van der Waals surface area contributed by atoms with Crippen molar-refractivity contribution in [2.75, 3.05) is 11.6 Å². The normalized spacial score (nSPS) is 23.3. The van der Waals surface area contributed by atoms with Gasteiger partial charge in [-0.2, -0.15) is 0 Å². The van der Waals surface area contributed by atoms with Crippen LogP contribution in [0.5, 0.6) is 0 Å². The highest BCUT2D eigenvalue weighted by Gasteiger charge is 2.30. The van der Waals surface area contributed by atoms with E-state index < -0.39 is 0 Å². The maximum atomic E-state index is 4.26. The molecule has 1 aliphatic rings. The first-order valence-corrected chi connectivity index (χ1v) is 6.94. The van der Waals surface area contributed by atoms with E-state index in [0.29, 0.717) is 11.5 Å². The topological polar surface area (TPSA) is 37.8 Å². The summed E-state index contributed by atoms with van der Waals surface area (Å²) in [6.07, 6.45) is 7.43.